The van der Waals surface area contributed by atoms with Gasteiger partial charge in [0.2, 0.25) is 0 Å². The van der Waals surface area contributed by atoms with Crippen molar-refractivity contribution < 1.29 is 0 Å². The van der Waals surface area contributed by atoms with Crippen molar-refractivity contribution in [1.29, 1.82) is 0 Å². The summed E-state index contributed by atoms with van der Waals surface area (Å²) in [5.41, 5.74) is 10.9. The van der Waals surface area contributed by atoms with Gasteiger partial charge in [-0.05, 0) is 37.1 Å². The summed E-state index contributed by atoms with van der Waals surface area (Å²) in [6.07, 6.45) is 0. The number of rotatable bonds is 4. The maximum atomic E-state index is 5.87. The molecule has 0 fully saturated rings. The Hall–Kier alpha value is -1.80. The van der Waals surface area contributed by atoms with E-state index in [9.17, 15) is 0 Å². The Balaban J connectivity index is 2.09. The molecule has 0 amide bonds. The van der Waals surface area contributed by atoms with Crippen LogP contribution in [0.2, 0.25) is 0 Å². The van der Waals surface area contributed by atoms with Crippen molar-refractivity contribution in [3.8, 4) is 0 Å². The number of anilines is 1. The Morgan fingerprint density at radius 2 is 1.79 bits per heavy atom. The molecule has 2 nitrogen and oxygen atoms in total. The molecule has 2 aromatic rings. The predicted octanol–water partition coefficient (Wildman–Crippen LogP) is 3.65. The Labute approximate surface area is 115 Å². The van der Waals surface area contributed by atoms with Crippen LogP contribution in [0.3, 0.4) is 0 Å². The van der Waals surface area contributed by atoms with E-state index in [1.165, 1.54) is 22.4 Å². The monoisotopic (exact) mass is 254 g/mol. The summed E-state index contributed by atoms with van der Waals surface area (Å²) in [6, 6.07) is 17.2. The Bertz CT molecular complexity index is 529. The molecule has 0 radical (unpaired) electrons. The van der Waals surface area contributed by atoms with Crippen molar-refractivity contribution in [1.82, 2.24) is 0 Å². The topological polar surface area (TPSA) is 29.3 Å². The summed E-state index contributed by atoms with van der Waals surface area (Å²) in [6.45, 7) is 5.05. The molecule has 0 saturated heterocycles. The zero-order chi connectivity index (χ0) is 13.8. The highest BCUT2D eigenvalue weighted by molar-refractivity contribution is 5.48. The fourth-order valence-corrected chi connectivity index (χ4v) is 2.21. The van der Waals surface area contributed by atoms with Gasteiger partial charge in [-0.25, -0.2) is 0 Å². The van der Waals surface area contributed by atoms with Gasteiger partial charge >= 0.3 is 0 Å². The van der Waals surface area contributed by atoms with Gasteiger partial charge in [0.05, 0.1) is 0 Å². The second-order valence-electron chi connectivity index (χ2n) is 5.23. The summed E-state index contributed by atoms with van der Waals surface area (Å²) >= 11 is 0. The van der Waals surface area contributed by atoms with Gasteiger partial charge in [0, 0.05) is 25.3 Å². The van der Waals surface area contributed by atoms with E-state index in [2.05, 4.69) is 67.4 Å². The third-order valence-corrected chi connectivity index (χ3v) is 3.36. The quantitative estimate of drug-likeness (QED) is 0.902. The molecule has 0 aliphatic carbocycles. The predicted molar refractivity (Wildman–Crippen MR) is 82.3 cm³/mol. The van der Waals surface area contributed by atoms with Crippen molar-refractivity contribution in [2.75, 3.05) is 11.9 Å². The number of benzene rings is 2. The van der Waals surface area contributed by atoms with Crippen molar-refractivity contribution in [3.63, 3.8) is 0 Å². The Kier molecular flexibility index (Phi) is 4.23. The standard InChI is InChI=1S/C17H22N2/c1-13-5-4-6-15(11-13)12-19(3)17-9-7-16(8-10-17)14(2)18/h4-11,14H,12,18H2,1-3H3. The highest BCUT2D eigenvalue weighted by Crippen LogP contribution is 2.19. The van der Waals surface area contributed by atoms with E-state index in [1.54, 1.807) is 0 Å². The third kappa shape index (κ3) is 3.58. The minimum Gasteiger partial charge on any atom is -0.370 e. The number of nitrogens with two attached hydrogens (primary N) is 1. The SMILES string of the molecule is Cc1cccc(CN(C)c2ccc(C(C)N)cc2)c1. The lowest BCUT2D eigenvalue weighted by atomic mass is 10.1. The molecule has 0 saturated carbocycles. The molecule has 2 aromatic carbocycles. The molecule has 2 N–H and O–H groups in total. The van der Waals surface area contributed by atoms with Gasteiger partial charge in [-0.15, -0.1) is 0 Å². The zero-order valence-corrected chi connectivity index (χ0v) is 11.9. The molecule has 1 unspecified atom stereocenters. The van der Waals surface area contributed by atoms with E-state index in [4.69, 9.17) is 5.73 Å². The van der Waals surface area contributed by atoms with E-state index in [0.29, 0.717) is 0 Å². The van der Waals surface area contributed by atoms with E-state index in [-0.39, 0.29) is 6.04 Å². The molecule has 0 aromatic heterocycles. The van der Waals surface area contributed by atoms with Gasteiger partial charge in [-0.2, -0.15) is 0 Å². The van der Waals surface area contributed by atoms with Crippen LogP contribution in [0.15, 0.2) is 48.5 Å². The molecule has 100 valence electrons. The summed E-state index contributed by atoms with van der Waals surface area (Å²) < 4.78 is 0. The van der Waals surface area contributed by atoms with Crippen LogP contribution in [0.1, 0.15) is 29.7 Å². The third-order valence-electron chi connectivity index (χ3n) is 3.36. The van der Waals surface area contributed by atoms with E-state index in [1.807, 2.05) is 6.92 Å². The van der Waals surface area contributed by atoms with Gasteiger partial charge in [-0.1, -0.05) is 42.0 Å². The maximum absolute atomic E-state index is 5.87. The first-order chi connectivity index (χ1) is 9.06. The highest BCUT2D eigenvalue weighted by Gasteiger charge is 2.04. The second-order valence-corrected chi connectivity index (χ2v) is 5.23. The number of aryl methyl sites for hydroxylation is 1. The normalized spacial score (nSPS) is 12.2. The Morgan fingerprint density at radius 3 is 2.37 bits per heavy atom. The van der Waals surface area contributed by atoms with Crippen LogP contribution in [-0.2, 0) is 6.54 Å². The lowest BCUT2D eigenvalue weighted by molar-refractivity contribution is 0.817. The average Bonchev–Trinajstić information content (AvgIpc) is 2.39. The van der Waals surface area contributed by atoms with Crippen molar-refractivity contribution in [2.24, 2.45) is 5.73 Å². The van der Waals surface area contributed by atoms with E-state index >= 15 is 0 Å². The first kappa shape index (κ1) is 13.6. The van der Waals surface area contributed by atoms with Gasteiger partial charge in [0.25, 0.3) is 0 Å². The van der Waals surface area contributed by atoms with Crippen LogP contribution in [0.25, 0.3) is 0 Å². The minimum absolute atomic E-state index is 0.0936. The molecule has 1 atom stereocenters. The van der Waals surface area contributed by atoms with Gasteiger partial charge in [-0.3, -0.25) is 0 Å². The minimum atomic E-state index is 0.0936. The second kappa shape index (κ2) is 5.89. The molecule has 0 aliphatic heterocycles. The van der Waals surface area contributed by atoms with Crippen molar-refractivity contribution in [3.05, 3.63) is 65.2 Å². The van der Waals surface area contributed by atoms with Crippen molar-refractivity contribution >= 4 is 5.69 Å². The van der Waals surface area contributed by atoms with Crippen LogP contribution in [-0.4, -0.2) is 7.05 Å². The number of hydrogen-bond acceptors (Lipinski definition) is 2. The van der Waals surface area contributed by atoms with Crippen LogP contribution in [0.4, 0.5) is 5.69 Å². The summed E-state index contributed by atoms with van der Waals surface area (Å²) in [5, 5.41) is 0. The van der Waals surface area contributed by atoms with Gasteiger partial charge < -0.3 is 10.6 Å². The largest absolute Gasteiger partial charge is 0.370 e. The first-order valence-electron chi connectivity index (χ1n) is 6.68. The Morgan fingerprint density at radius 1 is 1.11 bits per heavy atom. The molecule has 0 bridgehead atoms. The fraction of sp³-hybridized carbons (Fsp3) is 0.294. The summed E-state index contributed by atoms with van der Waals surface area (Å²) in [4.78, 5) is 2.25. The molecular formula is C17H22N2. The lowest BCUT2D eigenvalue weighted by Gasteiger charge is -2.20. The van der Waals surface area contributed by atoms with Gasteiger partial charge in [0.15, 0.2) is 0 Å². The first-order valence-corrected chi connectivity index (χ1v) is 6.68. The lowest BCUT2D eigenvalue weighted by Crippen LogP contribution is -2.16. The number of nitrogens with zero attached hydrogens (tertiary/aromatic N) is 1. The van der Waals surface area contributed by atoms with Crippen LogP contribution in [0, 0.1) is 6.92 Å². The molecule has 2 rings (SSSR count). The van der Waals surface area contributed by atoms with E-state index < -0.39 is 0 Å². The van der Waals surface area contributed by atoms with Crippen LogP contribution in [0.5, 0.6) is 0 Å². The number of hydrogen-bond donors (Lipinski definition) is 1. The maximum Gasteiger partial charge on any atom is 0.0426 e. The molecule has 0 heterocycles. The smallest absolute Gasteiger partial charge is 0.0426 e. The summed E-state index contributed by atoms with van der Waals surface area (Å²) in [7, 11) is 2.11. The average molecular weight is 254 g/mol. The highest BCUT2D eigenvalue weighted by atomic mass is 15.1. The zero-order valence-electron chi connectivity index (χ0n) is 11.9. The molecule has 0 spiro atoms. The van der Waals surface area contributed by atoms with Crippen molar-refractivity contribution in [2.45, 2.75) is 26.4 Å². The van der Waals surface area contributed by atoms with Gasteiger partial charge in [0.1, 0.15) is 0 Å². The fourth-order valence-electron chi connectivity index (χ4n) is 2.21. The molecular weight excluding hydrogens is 232 g/mol. The molecule has 19 heavy (non-hydrogen) atoms. The van der Waals surface area contributed by atoms with Crippen LogP contribution >= 0.6 is 0 Å². The molecule has 0 aliphatic rings. The van der Waals surface area contributed by atoms with E-state index in [0.717, 1.165) is 6.54 Å². The summed E-state index contributed by atoms with van der Waals surface area (Å²) in [5.74, 6) is 0. The molecule has 2 heteroatoms. The van der Waals surface area contributed by atoms with Crippen LogP contribution < -0.4 is 10.6 Å².